The number of likely N-dealkylation sites (tertiary alicyclic amines) is 1. The van der Waals surface area contributed by atoms with Crippen molar-refractivity contribution in [1.82, 2.24) is 4.90 Å². The number of hydrogen-bond acceptors (Lipinski definition) is 4. The molecule has 1 aliphatic rings. The van der Waals surface area contributed by atoms with Gasteiger partial charge in [0.25, 0.3) is 0 Å². The first-order chi connectivity index (χ1) is 10.0. The standard InChI is InChI=1S/C16H23ClN2O2/c1-11(18)12-5-7-19(8-6-12)10-14-9-13(16(20)21-2)3-4-15(14)17/h3-4,9,11-12H,5-8,10,18H2,1-2H3. The molecule has 5 heteroatoms. The van der Waals surface area contributed by atoms with Gasteiger partial charge in [-0.1, -0.05) is 11.6 Å². The van der Waals surface area contributed by atoms with E-state index in [4.69, 9.17) is 22.1 Å². The molecular weight excluding hydrogens is 288 g/mol. The molecular formula is C16H23ClN2O2. The lowest BCUT2D eigenvalue weighted by atomic mass is 9.91. The van der Waals surface area contributed by atoms with Crippen molar-refractivity contribution in [2.75, 3.05) is 20.2 Å². The number of hydrogen-bond donors (Lipinski definition) is 1. The maximum Gasteiger partial charge on any atom is 0.337 e. The van der Waals surface area contributed by atoms with Crippen LogP contribution in [0.1, 0.15) is 35.7 Å². The molecule has 1 unspecified atom stereocenters. The summed E-state index contributed by atoms with van der Waals surface area (Å²) in [6.45, 7) is 4.88. The van der Waals surface area contributed by atoms with E-state index in [0.717, 1.165) is 38.0 Å². The van der Waals surface area contributed by atoms with Crippen LogP contribution in [0, 0.1) is 5.92 Å². The Morgan fingerprint density at radius 3 is 2.71 bits per heavy atom. The number of esters is 1. The predicted octanol–water partition coefficient (Wildman–Crippen LogP) is 2.69. The molecule has 0 saturated carbocycles. The van der Waals surface area contributed by atoms with E-state index < -0.39 is 0 Å². The summed E-state index contributed by atoms with van der Waals surface area (Å²) in [6, 6.07) is 5.54. The molecule has 1 aliphatic heterocycles. The Kier molecular flexibility index (Phi) is 5.62. The van der Waals surface area contributed by atoms with E-state index >= 15 is 0 Å². The van der Waals surface area contributed by atoms with Gasteiger partial charge in [0.15, 0.2) is 0 Å². The first kappa shape index (κ1) is 16.3. The number of rotatable bonds is 4. The predicted molar refractivity (Wildman–Crippen MR) is 84.4 cm³/mol. The van der Waals surface area contributed by atoms with E-state index in [9.17, 15) is 4.79 Å². The lowest BCUT2D eigenvalue weighted by Crippen LogP contribution is -2.39. The van der Waals surface area contributed by atoms with Crippen molar-refractivity contribution in [3.63, 3.8) is 0 Å². The molecule has 2 N–H and O–H groups in total. The molecule has 2 rings (SSSR count). The molecule has 21 heavy (non-hydrogen) atoms. The van der Waals surface area contributed by atoms with E-state index in [2.05, 4.69) is 11.8 Å². The van der Waals surface area contributed by atoms with Crippen molar-refractivity contribution in [3.8, 4) is 0 Å². The van der Waals surface area contributed by atoms with Gasteiger partial charge in [-0.2, -0.15) is 0 Å². The Morgan fingerprint density at radius 1 is 1.48 bits per heavy atom. The summed E-state index contributed by atoms with van der Waals surface area (Å²) in [6.07, 6.45) is 2.23. The van der Waals surface area contributed by atoms with Crippen molar-refractivity contribution in [2.45, 2.75) is 32.4 Å². The van der Waals surface area contributed by atoms with Crippen LogP contribution in [0.2, 0.25) is 5.02 Å². The Morgan fingerprint density at radius 2 is 2.14 bits per heavy atom. The van der Waals surface area contributed by atoms with E-state index in [1.165, 1.54) is 7.11 Å². The maximum atomic E-state index is 11.6. The molecule has 1 atom stereocenters. The number of nitrogens with zero attached hydrogens (tertiary/aromatic N) is 1. The third kappa shape index (κ3) is 4.19. The van der Waals surface area contributed by atoms with Crippen molar-refractivity contribution in [1.29, 1.82) is 0 Å². The molecule has 1 aromatic rings. The fourth-order valence-corrected chi connectivity index (χ4v) is 3.00. The molecule has 0 amide bonds. The van der Waals surface area contributed by atoms with Gasteiger partial charge in [0.05, 0.1) is 12.7 Å². The fraction of sp³-hybridized carbons (Fsp3) is 0.562. The first-order valence-corrected chi connectivity index (χ1v) is 7.73. The minimum atomic E-state index is -0.330. The number of halogens is 1. The third-order valence-electron chi connectivity index (χ3n) is 4.24. The highest BCUT2D eigenvalue weighted by molar-refractivity contribution is 6.31. The van der Waals surface area contributed by atoms with Crippen molar-refractivity contribution < 1.29 is 9.53 Å². The van der Waals surface area contributed by atoms with E-state index in [1.54, 1.807) is 12.1 Å². The molecule has 0 bridgehead atoms. The summed E-state index contributed by atoms with van der Waals surface area (Å²) in [5.74, 6) is 0.279. The topological polar surface area (TPSA) is 55.6 Å². The highest BCUT2D eigenvalue weighted by Crippen LogP contribution is 2.24. The summed E-state index contributed by atoms with van der Waals surface area (Å²) in [7, 11) is 1.38. The largest absolute Gasteiger partial charge is 0.465 e. The summed E-state index contributed by atoms with van der Waals surface area (Å²) in [5, 5.41) is 0.692. The summed E-state index contributed by atoms with van der Waals surface area (Å²) < 4.78 is 4.75. The van der Waals surface area contributed by atoms with Crippen LogP contribution in [0.15, 0.2) is 18.2 Å². The number of benzene rings is 1. The summed E-state index contributed by atoms with van der Waals surface area (Å²) in [5.41, 5.74) is 7.48. The van der Waals surface area contributed by atoms with E-state index in [1.807, 2.05) is 6.07 Å². The highest BCUT2D eigenvalue weighted by Gasteiger charge is 2.22. The summed E-state index contributed by atoms with van der Waals surface area (Å²) in [4.78, 5) is 14.0. The Labute approximate surface area is 131 Å². The molecule has 0 aromatic heterocycles. The van der Waals surface area contributed by atoms with Crippen LogP contribution in [0.4, 0.5) is 0 Å². The second-order valence-corrected chi connectivity index (χ2v) is 6.18. The van der Waals surface area contributed by atoms with Crippen LogP contribution < -0.4 is 5.73 Å². The Balaban J connectivity index is 2.01. The number of nitrogens with two attached hydrogens (primary N) is 1. The van der Waals surface area contributed by atoms with Gasteiger partial charge < -0.3 is 10.5 Å². The number of piperidine rings is 1. The number of ether oxygens (including phenoxy) is 1. The van der Waals surface area contributed by atoms with Crippen LogP contribution in [0.3, 0.4) is 0 Å². The van der Waals surface area contributed by atoms with Crippen molar-refractivity contribution >= 4 is 17.6 Å². The zero-order valence-electron chi connectivity index (χ0n) is 12.6. The van der Waals surface area contributed by atoms with Gasteiger partial charge in [0, 0.05) is 17.6 Å². The van der Waals surface area contributed by atoms with Gasteiger partial charge in [-0.05, 0) is 62.5 Å². The van der Waals surface area contributed by atoms with Gasteiger partial charge in [-0.25, -0.2) is 4.79 Å². The van der Waals surface area contributed by atoms with Gasteiger partial charge >= 0.3 is 5.97 Å². The van der Waals surface area contributed by atoms with Gasteiger partial charge in [-0.3, -0.25) is 4.90 Å². The molecule has 0 radical (unpaired) electrons. The molecule has 0 aliphatic carbocycles. The van der Waals surface area contributed by atoms with Crippen LogP contribution in [0.25, 0.3) is 0 Å². The monoisotopic (exact) mass is 310 g/mol. The van der Waals surface area contributed by atoms with Crippen LogP contribution >= 0.6 is 11.6 Å². The number of methoxy groups -OCH3 is 1. The Bertz CT molecular complexity index is 497. The summed E-state index contributed by atoms with van der Waals surface area (Å²) >= 11 is 6.24. The van der Waals surface area contributed by atoms with E-state index in [0.29, 0.717) is 16.5 Å². The third-order valence-corrected chi connectivity index (χ3v) is 4.61. The Hall–Kier alpha value is -1.10. The number of carbonyl (C=O) groups is 1. The van der Waals surface area contributed by atoms with Gasteiger partial charge in [-0.15, -0.1) is 0 Å². The molecule has 1 saturated heterocycles. The quantitative estimate of drug-likeness (QED) is 0.869. The molecule has 1 aromatic carbocycles. The average Bonchev–Trinajstić information content (AvgIpc) is 2.49. The van der Waals surface area contributed by atoms with Crippen molar-refractivity contribution in [3.05, 3.63) is 34.3 Å². The van der Waals surface area contributed by atoms with Crippen LogP contribution in [-0.2, 0) is 11.3 Å². The van der Waals surface area contributed by atoms with Crippen LogP contribution in [-0.4, -0.2) is 37.1 Å². The lowest BCUT2D eigenvalue weighted by Gasteiger charge is -2.33. The average molecular weight is 311 g/mol. The van der Waals surface area contributed by atoms with Crippen molar-refractivity contribution in [2.24, 2.45) is 11.7 Å². The zero-order chi connectivity index (χ0) is 15.4. The smallest absolute Gasteiger partial charge is 0.337 e. The van der Waals surface area contributed by atoms with Gasteiger partial charge in [0.2, 0.25) is 0 Å². The molecule has 0 spiro atoms. The first-order valence-electron chi connectivity index (χ1n) is 7.36. The van der Waals surface area contributed by atoms with E-state index in [-0.39, 0.29) is 12.0 Å². The zero-order valence-corrected chi connectivity index (χ0v) is 13.4. The highest BCUT2D eigenvalue weighted by atomic mass is 35.5. The maximum absolute atomic E-state index is 11.6. The molecule has 4 nitrogen and oxygen atoms in total. The number of carbonyl (C=O) groups excluding carboxylic acids is 1. The normalized spacial score (nSPS) is 18.5. The fourth-order valence-electron chi connectivity index (χ4n) is 2.82. The second kappa shape index (κ2) is 7.25. The minimum Gasteiger partial charge on any atom is -0.465 e. The SMILES string of the molecule is COC(=O)c1ccc(Cl)c(CN2CCC(C(C)N)CC2)c1. The minimum absolute atomic E-state index is 0.262. The molecule has 116 valence electrons. The lowest BCUT2D eigenvalue weighted by molar-refractivity contribution is 0.0600. The van der Waals surface area contributed by atoms with Gasteiger partial charge in [0.1, 0.15) is 0 Å². The van der Waals surface area contributed by atoms with Crippen LogP contribution in [0.5, 0.6) is 0 Å². The molecule has 1 heterocycles. The second-order valence-electron chi connectivity index (χ2n) is 5.77. The molecule has 1 fully saturated rings.